The maximum atomic E-state index is 8.60. The standard InChI is InChI=1S/C4H10OSi/c1-3-4-6(2)5/h4-5H,3H2,1-2H3/b6-4-. The Morgan fingerprint density at radius 3 is 2.33 bits per heavy atom. The van der Waals surface area contributed by atoms with Gasteiger partial charge in [0.1, 0.15) is 0 Å². The Balaban J connectivity index is 3.14. The quantitative estimate of drug-likeness (QED) is 0.475. The van der Waals surface area contributed by atoms with Gasteiger partial charge in [-0.25, -0.2) is 0 Å². The van der Waals surface area contributed by atoms with Crippen LogP contribution in [0.15, 0.2) is 0 Å². The summed E-state index contributed by atoms with van der Waals surface area (Å²) in [6, 6.07) is 0. The van der Waals surface area contributed by atoms with Gasteiger partial charge in [-0.1, -0.05) is 12.6 Å². The molecule has 6 heavy (non-hydrogen) atoms. The summed E-state index contributed by atoms with van der Waals surface area (Å²) in [5.41, 5.74) is 1.95. The monoisotopic (exact) mass is 102 g/mol. The van der Waals surface area contributed by atoms with Crippen LogP contribution >= 0.6 is 0 Å². The van der Waals surface area contributed by atoms with Crippen LogP contribution in [0.5, 0.6) is 0 Å². The van der Waals surface area contributed by atoms with Crippen molar-refractivity contribution < 1.29 is 4.80 Å². The zero-order chi connectivity index (χ0) is 4.99. The second kappa shape index (κ2) is 3.09. The van der Waals surface area contributed by atoms with Crippen LogP contribution in [0.4, 0.5) is 0 Å². The first kappa shape index (κ1) is 5.89. The average Bonchev–Trinajstić information content (AvgIpc) is 1.35. The molecule has 0 heterocycles. The summed E-state index contributed by atoms with van der Waals surface area (Å²) in [6.45, 7) is 3.89. The van der Waals surface area contributed by atoms with E-state index in [4.69, 9.17) is 4.80 Å². The maximum absolute atomic E-state index is 8.60. The van der Waals surface area contributed by atoms with Gasteiger partial charge in [0.2, 0.25) is 8.65 Å². The van der Waals surface area contributed by atoms with E-state index in [0.717, 1.165) is 6.42 Å². The third-order valence-corrected chi connectivity index (χ3v) is 1.50. The minimum atomic E-state index is -1.01. The fourth-order valence-electron chi connectivity index (χ4n) is 0.295. The molecule has 0 aromatic carbocycles. The van der Waals surface area contributed by atoms with E-state index >= 15 is 0 Å². The fraction of sp³-hybridized carbons (Fsp3) is 0.750. The average molecular weight is 102 g/mol. The molecule has 0 unspecified atom stereocenters. The Bertz CT molecular complexity index is 54.6. The van der Waals surface area contributed by atoms with E-state index in [2.05, 4.69) is 0 Å². The molecule has 36 valence electrons. The largest absolute Gasteiger partial charge is 0.566 e. The Morgan fingerprint density at radius 2 is 2.33 bits per heavy atom. The predicted octanol–water partition coefficient (Wildman–Crippen LogP) is 0.394. The molecule has 0 saturated carbocycles. The SMILES string of the molecule is CC/C=[Si](/C)O. The van der Waals surface area contributed by atoms with Crippen LogP contribution in [0.2, 0.25) is 6.55 Å². The van der Waals surface area contributed by atoms with Gasteiger partial charge in [-0.05, 0) is 13.0 Å². The van der Waals surface area contributed by atoms with Crippen molar-refractivity contribution in [1.82, 2.24) is 0 Å². The van der Waals surface area contributed by atoms with Gasteiger partial charge in [0.05, 0.1) is 0 Å². The zero-order valence-corrected chi connectivity index (χ0v) is 5.23. The van der Waals surface area contributed by atoms with Crippen LogP contribution in [0.1, 0.15) is 13.3 Å². The second-order valence-corrected chi connectivity index (χ2v) is 2.94. The van der Waals surface area contributed by atoms with Gasteiger partial charge in [0, 0.05) is 0 Å². The lowest BCUT2D eigenvalue weighted by molar-refractivity contribution is 0.604. The van der Waals surface area contributed by atoms with Gasteiger partial charge >= 0.3 is 0 Å². The van der Waals surface area contributed by atoms with Crippen LogP contribution < -0.4 is 0 Å². The molecule has 0 atom stereocenters. The molecule has 0 amide bonds. The molecular weight excluding hydrogens is 92.1 g/mol. The molecule has 0 spiro atoms. The van der Waals surface area contributed by atoms with E-state index in [-0.39, 0.29) is 0 Å². The smallest absolute Gasteiger partial charge is 0.221 e. The van der Waals surface area contributed by atoms with E-state index in [1.165, 1.54) is 0 Å². The van der Waals surface area contributed by atoms with Crippen molar-refractivity contribution in [3.8, 4) is 0 Å². The molecule has 0 fully saturated rings. The molecule has 0 aliphatic heterocycles. The van der Waals surface area contributed by atoms with Gasteiger partial charge in [-0.3, -0.25) is 0 Å². The van der Waals surface area contributed by atoms with Crippen LogP contribution in [-0.4, -0.2) is 19.1 Å². The third kappa shape index (κ3) is 3.89. The van der Waals surface area contributed by atoms with Crippen LogP contribution in [0.3, 0.4) is 0 Å². The zero-order valence-electron chi connectivity index (χ0n) is 4.23. The molecule has 0 aliphatic carbocycles. The molecule has 0 rings (SSSR count). The first-order chi connectivity index (χ1) is 2.77. The normalized spacial score (nSPS) is 12.0. The molecule has 0 saturated heterocycles. The number of rotatable bonds is 1. The van der Waals surface area contributed by atoms with E-state index in [1.54, 1.807) is 0 Å². The summed E-state index contributed by atoms with van der Waals surface area (Å²) >= 11 is 0. The molecule has 1 N–H and O–H groups in total. The van der Waals surface area contributed by atoms with E-state index in [9.17, 15) is 0 Å². The minimum Gasteiger partial charge on any atom is -0.566 e. The van der Waals surface area contributed by atoms with E-state index < -0.39 is 8.65 Å². The van der Waals surface area contributed by atoms with Gasteiger partial charge in [-0.15, -0.1) is 0 Å². The Labute approximate surface area is 40.0 Å². The van der Waals surface area contributed by atoms with E-state index in [0.29, 0.717) is 0 Å². The molecular formula is C4H10OSi. The Hall–Kier alpha value is -0.113. The highest BCUT2D eigenvalue weighted by molar-refractivity contribution is 6.57. The van der Waals surface area contributed by atoms with Crippen molar-refractivity contribution in [2.45, 2.75) is 19.9 Å². The van der Waals surface area contributed by atoms with Gasteiger partial charge in [-0.2, -0.15) is 0 Å². The predicted molar refractivity (Wildman–Crippen MR) is 30.2 cm³/mol. The van der Waals surface area contributed by atoms with Crippen molar-refractivity contribution in [3.05, 3.63) is 0 Å². The third-order valence-electron chi connectivity index (χ3n) is 0.500. The number of hydrogen-bond acceptors (Lipinski definition) is 1. The lowest BCUT2D eigenvalue weighted by Gasteiger charge is -1.77. The van der Waals surface area contributed by atoms with Gasteiger partial charge < -0.3 is 4.80 Å². The van der Waals surface area contributed by atoms with Crippen LogP contribution in [0, 0.1) is 0 Å². The molecule has 0 radical (unpaired) electrons. The topological polar surface area (TPSA) is 20.2 Å². The summed E-state index contributed by atoms with van der Waals surface area (Å²) in [5.74, 6) is 0. The number of hydrogen-bond donors (Lipinski definition) is 1. The summed E-state index contributed by atoms with van der Waals surface area (Å²) in [6.07, 6.45) is 1.00. The highest BCUT2D eigenvalue weighted by Crippen LogP contribution is 1.62. The summed E-state index contributed by atoms with van der Waals surface area (Å²) in [7, 11) is -1.01. The van der Waals surface area contributed by atoms with E-state index in [1.807, 2.05) is 19.1 Å². The molecule has 1 nitrogen and oxygen atoms in total. The van der Waals surface area contributed by atoms with Gasteiger partial charge in [0.25, 0.3) is 0 Å². The lowest BCUT2D eigenvalue weighted by atomic mass is 10.6. The van der Waals surface area contributed by atoms with Crippen molar-refractivity contribution in [2.75, 3.05) is 0 Å². The molecule has 0 bridgehead atoms. The van der Waals surface area contributed by atoms with Gasteiger partial charge in [0.15, 0.2) is 0 Å². The van der Waals surface area contributed by atoms with Crippen molar-refractivity contribution >= 4 is 14.3 Å². The molecule has 0 aromatic rings. The molecule has 0 aromatic heterocycles. The summed E-state index contributed by atoms with van der Waals surface area (Å²) < 4.78 is 0. The highest BCUT2D eigenvalue weighted by Gasteiger charge is 1.74. The molecule has 2 heteroatoms. The minimum absolute atomic E-state index is 1.00. The van der Waals surface area contributed by atoms with Crippen LogP contribution in [0.25, 0.3) is 0 Å². The lowest BCUT2D eigenvalue weighted by Crippen LogP contribution is -1.94. The summed E-state index contributed by atoms with van der Waals surface area (Å²) in [4.78, 5) is 8.60. The molecule has 0 aliphatic rings. The maximum Gasteiger partial charge on any atom is 0.221 e. The summed E-state index contributed by atoms with van der Waals surface area (Å²) in [5, 5.41) is 0. The second-order valence-electron chi connectivity index (χ2n) is 1.25. The van der Waals surface area contributed by atoms with Crippen molar-refractivity contribution in [2.24, 2.45) is 0 Å². The van der Waals surface area contributed by atoms with Crippen molar-refractivity contribution in [1.29, 1.82) is 0 Å². The van der Waals surface area contributed by atoms with Crippen LogP contribution in [-0.2, 0) is 0 Å². The Kier molecular flexibility index (Phi) is 3.03. The van der Waals surface area contributed by atoms with Crippen molar-refractivity contribution in [3.63, 3.8) is 0 Å². The first-order valence-corrected chi connectivity index (χ1v) is 4.15. The Morgan fingerprint density at radius 1 is 1.83 bits per heavy atom. The highest BCUT2D eigenvalue weighted by atomic mass is 28.3. The fourth-order valence-corrected chi connectivity index (χ4v) is 0.886. The first-order valence-electron chi connectivity index (χ1n) is 2.13.